The van der Waals surface area contributed by atoms with Crippen LogP contribution >= 0.6 is 0 Å². The summed E-state index contributed by atoms with van der Waals surface area (Å²) in [6, 6.07) is 14.1. The molecule has 0 saturated carbocycles. The molecule has 2 aromatic rings. The van der Waals surface area contributed by atoms with Crippen molar-refractivity contribution in [1.29, 1.82) is 0 Å². The number of Topliss-reactive ketones (excluding diaryl/α,β-unsaturated/α-hetero) is 1. The van der Waals surface area contributed by atoms with Gasteiger partial charge in [0, 0.05) is 12.1 Å². The lowest BCUT2D eigenvalue weighted by atomic mass is 9.95. The summed E-state index contributed by atoms with van der Waals surface area (Å²) in [5.41, 5.74) is 2.44. The molecular weight excluding hydrogens is 428 g/mol. The zero-order valence-corrected chi connectivity index (χ0v) is 20.9. The van der Waals surface area contributed by atoms with Gasteiger partial charge in [-0.15, -0.1) is 0 Å². The summed E-state index contributed by atoms with van der Waals surface area (Å²) in [5, 5.41) is 11.2. The molecule has 34 heavy (non-hydrogen) atoms. The second-order valence-corrected chi connectivity index (χ2v) is 9.62. The van der Waals surface area contributed by atoms with Crippen LogP contribution < -0.4 is 4.74 Å². The molecule has 0 aromatic heterocycles. The number of carbonyl (C=O) groups is 2. The number of rotatable bonds is 10. The van der Waals surface area contributed by atoms with Gasteiger partial charge in [0.25, 0.3) is 11.7 Å². The Balaban J connectivity index is 2.02. The van der Waals surface area contributed by atoms with Crippen LogP contribution in [0.2, 0.25) is 0 Å². The van der Waals surface area contributed by atoms with E-state index in [9.17, 15) is 14.7 Å². The highest BCUT2D eigenvalue weighted by Gasteiger charge is 2.45. The standard InChI is InChI=1S/C28H36N2O4/c1-19(2)14-17-34-23-9-6-8-22(18-23)25-24(26(31)21-12-10-20(3)11-13-21)27(32)28(33)30(25)16-7-15-29(4)5/h6,8-13,18-19,25,31H,7,14-17H2,1-5H3/b26-24+. The third-order valence-corrected chi connectivity index (χ3v) is 6.01. The van der Waals surface area contributed by atoms with Crippen molar-refractivity contribution in [1.82, 2.24) is 9.80 Å². The van der Waals surface area contributed by atoms with E-state index in [1.807, 2.05) is 62.3 Å². The van der Waals surface area contributed by atoms with Crippen LogP contribution in [0, 0.1) is 12.8 Å². The highest BCUT2D eigenvalue weighted by Crippen LogP contribution is 2.40. The summed E-state index contributed by atoms with van der Waals surface area (Å²) in [6.07, 6.45) is 1.65. The summed E-state index contributed by atoms with van der Waals surface area (Å²) in [5.74, 6) is -0.166. The Kier molecular flexibility index (Phi) is 8.51. The number of aryl methyl sites for hydroxylation is 1. The first-order valence-electron chi connectivity index (χ1n) is 11.9. The van der Waals surface area contributed by atoms with E-state index in [4.69, 9.17) is 4.74 Å². The molecule has 0 spiro atoms. The van der Waals surface area contributed by atoms with Crippen LogP contribution in [0.25, 0.3) is 5.76 Å². The predicted octanol–water partition coefficient (Wildman–Crippen LogP) is 4.79. The van der Waals surface area contributed by atoms with Gasteiger partial charge in [-0.1, -0.05) is 55.8 Å². The van der Waals surface area contributed by atoms with Crippen LogP contribution in [0.15, 0.2) is 54.1 Å². The number of likely N-dealkylation sites (tertiary alicyclic amines) is 1. The Morgan fingerprint density at radius 1 is 1.12 bits per heavy atom. The molecule has 1 aliphatic heterocycles. The molecule has 6 nitrogen and oxygen atoms in total. The second kappa shape index (κ2) is 11.3. The molecule has 0 bridgehead atoms. The maximum atomic E-state index is 13.2. The van der Waals surface area contributed by atoms with E-state index in [0.717, 1.165) is 24.1 Å². The minimum absolute atomic E-state index is 0.123. The molecule has 1 N–H and O–H groups in total. The molecule has 0 radical (unpaired) electrons. The van der Waals surface area contributed by atoms with Gasteiger partial charge in [0.2, 0.25) is 0 Å². The van der Waals surface area contributed by atoms with E-state index in [1.165, 1.54) is 0 Å². The number of ketones is 1. The largest absolute Gasteiger partial charge is 0.507 e. The number of hydrogen-bond donors (Lipinski definition) is 1. The number of nitrogens with zero attached hydrogens (tertiary/aromatic N) is 2. The van der Waals surface area contributed by atoms with Crippen LogP contribution in [0.1, 0.15) is 49.4 Å². The van der Waals surface area contributed by atoms with Crippen molar-refractivity contribution in [3.8, 4) is 5.75 Å². The van der Waals surface area contributed by atoms with Crippen LogP contribution in [0.4, 0.5) is 0 Å². The Labute approximate surface area is 202 Å². The minimum Gasteiger partial charge on any atom is -0.507 e. The quantitative estimate of drug-likeness (QED) is 0.311. The first-order chi connectivity index (χ1) is 16.2. The molecule has 1 fully saturated rings. The summed E-state index contributed by atoms with van der Waals surface area (Å²) in [7, 11) is 3.95. The zero-order valence-electron chi connectivity index (χ0n) is 20.9. The number of aliphatic hydroxyl groups excluding tert-OH is 1. The van der Waals surface area contributed by atoms with E-state index in [1.54, 1.807) is 17.0 Å². The minimum atomic E-state index is -0.669. The highest BCUT2D eigenvalue weighted by molar-refractivity contribution is 6.46. The summed E-state index contributed by atoms with van der Waals surface area (Å²) >= 11 is 0. The molecular formula is C28H36N2O4. The van der Waals surface area contributed by atoms with Crippen molar-refractivity contribution in [3.05, 3.63) is 70.8 Å². The first kappa shape index (κ1) is 25.5. The topological polar surface area (TPSA) is 70.1 Å². The van der Waals surface area contributed by atoms with Gasteiger partial charge in [-0.3, -0.25) is 9.59 Å². The molecule has 1 saturated heterocycles. The SMILES string of the molecule is Cc1ccc(/C(O)=C2\C(=O)C(=O)N(CCCN(C)C)C2c2cccc(OCCC(C)C)c2)cc1. The van der Waals surface area contributed by atoms with E-state index >= 15 is 0 Å². The van der Waals surface area contributed by atoms with Crippen molar-refractivity contribution in [2.24, 2.45) is 5.92 Å². The van der Waals surface area contributed by atoms with E-state index in [-0.39, 0.29) is 11.3 Å². The number of benzene rings is 2. The summed E-state index contributed by atoms with van der Waals surface area (Å²) < 4.78 is 5.94. The number of hydrogen-bond acceptors (Lipinski definition) is 5. The summed E-state index contributed by atoms with van der Waals surface area (Å²) in [4.78, 5) is 29.9. The van der Waals surface area contributed by atoms with E-state index < -0.39 is 17.7 Å². The Morgan fingerprint density at radius 2 is 1.82 bits per heavy atom. The fourth-order valence-electron chi connectivity index (χ4n) is 4.07. The number of amides is 1. The second-order valence-electron chi connectivity index (χ2n) is 9.62. The van der Waals surface area contributed by atoms with E-state index in [2.05, 4.69) is 13.8 Å². The summed E-state index contributed by atoms with van der Waals surface area (Å²) in [6.45, 7) is 8.03. The molecule has 0 aliphatic carbocycles. The van der Waals surface area contributed by atoms with Gasteiger partial charge >= 0.3 is 0 Å². The normalized spacial score (nSPS) is 17.7. The van der Waals surface area contributed by atoms with Gasteiger partial charge in [0.1, 0.15) is 11.5 Å². The average Bonchev–Trinajstić information content (AvgIpc) is 3.04. The third kappa shape index (κ3) is 6.06. The van der Waals surface area contributed by atoms with Crippen LogP contribution in [0.5, 0.6) is 5.75 Å². The molecule has 1 heterocycles. The number of carbonyl (C=O) groups excluding carboxylic acids is 2. The number of ether oxygens (including phenoxy) is 1. The van der Waals surface area contributed by atoms with Crippen molar-refractivity contribution in [2.45, 2.75) is 39.7 Å². The molecule has 3 rings (SSSR count). The molecule has 2 aromatic carbocycles. The fourth-order valence-corrected chi connectivity index (χ4v) is 4.07. The van der Waals surface area contributed by atoms with Crippen LogP contribution in [0.3, 0.4) is 0 Å². The fraction of sp³-hybridized carbons (Fsp3) is 0.429. The maximum absolute atomic E-state index is 13.2. The lowest BCUT2D eigenvalue weighted by Gasteiger charge is -2.26. The van der Waals surface area contributed by atoms with Gasteiger partial charge in [0.05, 0.1) is 18.2 Å². The van der Waals surface area contributed by atoms with Crippen molar-refractivity contribution < 1.29 is 19.4 Å². The predicted molar refractivity (Wildman–Crippen MR) is 135 cm³/mol. The molecule has 1 aliphatic rings. The maximum Gasteiger partial charge on any atom is 0.295 e. The van der Waals surface area contributed by atoms with Gasteiger partial charge in [-0.2, -0.15) is 0 Å². The molecule has 6 heteroatoms. The highest BCUT2D eigenvalue weighted by atomic mass is 16.5. The number of aliphatic hydroxyl groups is 1. The smallest absolute Gasteiger partial charge is 0.295 e. The lowest BCUT2D eigenvalue weighted by molar-refractivity contribution is -0.139. The Morgan fingerprint density at radius 3 is 2.47 bits per heavy atom. The third-order valence-electron chi connectivity index (χ3n) is 6.01. The van der Waals surface area contributed by atoms with Gasteiger partial charge in [-0.05, 0) is 64.0 Å². The zero-order chi connectivity index (χ0) is 24.8. The van der Waals surface area contributed by atoms with Gasteiger partial charge in [0.15, 0.2) is 0 Å². The monoisotopic (exact) mass is 464 g/mol. The molecule has 1 atom stereocenters. The van der Waals surface area contributed by atoms with Crippen molar-refractivity contribution in [3.63, 3.8) is 0 Å². The van der Waals surface area contributed by atoms with Crippen molar-refractivity contribution >= 4 is 17.4 Å². The molecule has 1 amide bonds. The Hall–Kier alpha value is -3.12. The van der Waals surface area contributed by atoms with Crippen LogP contribution in [-0.2, 0) is 9.59 Å². The van der Waals surface area contributed by atoms with Crippen molar-refractivity contribution in [2.75, 3.05) is 33.8 Å². The average molecular weight is 465 g/mol. The Bertz CT molecular complexity index is 1040. The van der Waals surface area contributed by atoms with Crippen LogP contribution in [-0.4, -0.2) is 60.4 Å². The molecule has 1 unspecified atom stereocenters. The van der Waals surface area contributed by atoms with E-state index in [0.29, 0.717) is 36.8 Å². The van der Waals surface area contributed by atoms with Gasteiger partial charge in [-0.25, -0.2) is 0 Å². The molecule has 182 valence electrons. The lowest BCUT2D eigenvalue weighted by Crippen LogP contribution is -2.32. The van der Waals surface area contributed by atoms with Gasteiger partial charge < -0.3 is 19.6 Å². The first-order valence-corrected chi connectivity index (χ1v) is 11.9.